The van der Waals surface area contributed by atoms with Crippen molar-refractivity contribution in [1.29, 1.82) is 0 Å². The molecule has 0 aliphatic heterocycles. The van der Waals surface area contributed by atoms with Gasteiger partial charge in [-0.2, -0.15) is 0 Å². The van der Waals surface area contributed by atoms with Crippen LogP contribution in [0.3, 0.4) is 0 Å². The van der Waals surface area contributed by atoms with Crippen LogP contribution < -0.4 is 0 Å². The third kappa shape index (κ3) is 1.75. The van der Waals surface area contributed by atoms with E-state index < -0.39 is 5.91 Å². The minimum atomic E-state index is -0.780. The van der Waals surface area contributed by atoms with Crippen molar-refractivity contribution in [3.8, 4) is 0 Å². The molecule has 0 aliphatic carbocycles. The summed E-state index contributed by atoms with van der Waals surface area (Å²) in [4.78, 5) is 13.1. The Labute approximate surface area is 71.7 Å². The molecule has 7 heteroatoms. The van der Waals surface area contributed by atoms with Gasteiger partial charge in [0.05, 0.1) is 5.88 Å². The molecule has 0 atom stereocenters. The average molecular weight is 187 g/mol. The standard InChI is InChI=1S/C5H3ClN4O2/c6-2-3-1-4(9-12-3)5(11)8-10-7/h1H,2H2. The van der Waals surface area contributed by atoms with Crippen LogP contribution in [0.15, 0.2) is 15.7 Å². The van der Waals surface area contributed by atoms with Crippen LogP contribution in [0.1, 0.15) is 16.2 Å². The summed E-state index contributed by atoms with van der Waals surface area (Å²) in [6.45, 7) is 0. The highest BCUT2D eigenvalue weighted by Gasteiger charge is 2.09. The molecule has 0 N–H and O–H groups in total. The second-order valence-corrected chi connectivity index (χ2v) is 2.07. The summed E-state index contributed by atoms with van der Waals surface area (Å²) in [5.74, 6) is -0.304. The van der Waals surface area contributed by atoms with Crippen LogP contribution in [-0.4, -0.2) is 11.1 Å². The Morgan fingerprint density at radius 2 is 2.67 bits per heavy atom. The average Bonchev–Trinajstić information content (AvgIpc) is 2.52. The molecule has 1 amide bonds. The molecule has 6 nitrogen and oxygen atoms in total. The molecule has 0 fully saturated rings. The van der Waals surface area contributed by atoms with E-state index in [1.807, 2.05) is 0 Å². The van der Waals surface area contributed by atoms with Crippen LogP contribution in [0.25, 0.3) is 10.4 Å². The van der Waals surface area contributed by atoms with Crippen LogP contribution in [0, 0.1) is 0 Å². The molecule has 0 saturated heterocycles. The topological polar surface area (TPSA) is 91.9 Å². The molecule has 1 rings (SSSR count). The molecular weight excluding hydrogens is 184 g/mol. The molecule has 0 aliphatic rings. The maximum atomic E-state index is 10.8. The van der Waals surface area contributed by atoms with E-state index >= 15 is 0 Å². The lowest BCUT2D eigenvalue weighted by molar-refractivity contribution is 0.0991. The van der Waals surface area contributed by atoms with Gasteiger partial charge in [0.2, 0.25) is 0 Å². The highest BCUT2D eigenvalue weighted by Crippen LogP contribution is 2.07. The zero-order valence-corrected chi connectivity index (χ0v) is 6.52. The van der Waals surface area contributed by atoms with Crippen LogP contribution in [0.2, 0.25) is 0 Å². The lowest BCUT2D eigenvalue weighted by atomic mass is 10.4. The Balaban J connectivity index is 2.88. The Bertz CT molecular complexity index is 341. The normalized spacial score (nSPS) is 9.08. The van der Waals surface area contributed by atoms with Crippen LogP contribution in [0.4, 0.5) is 0 Å². The predicted molar refractivity (Wildman–Crippen MR) is 39.5 cm³/mol. The number of halogens is 1. The first-order valence-corrected chi connectivity index (χ1v) is 3.42. The summed E-state index contributed by atoms with van der Waals surface area (Å²) in [6, 6.07) is 1.32. The van der Waals surface area contributed by atoms with Crippen molar-refractivity contribution < 1.29 is 9.32 Å². The first kappa shape index (κ1) is 8.58. The van der Waals surface area contributed by atoms with Crippen LogP contribution >= 0.6 is 11.6 Å². The first-order valence-electron chi connectivity index (χ1n) is 2.89. The lowest BCUT2D eigenvalue weighted by Crippen LogP contribution is -1.91. The van der Waals surface area contributed by atoms with E-state index in [0.29, 0.717) is 5.76 Å². The number of rotatable bonds is 2. The minimum absolute atomic E-state index is 0.0385. The van der Waals surface area contributed by atoms with Crippen molar-refractivity contribution in [1.82, 2.24) is 5.16 Å². The van der Waals surface area contributed by atoms with Crippen molar-refractivity contribution >= 4 is 17.5 Å². The summed E-state index contributed by atoms with van der Waals surface area (Å²) in [5, 5.41) is 6.15. The lowest BCUT2D eigenvalue weighted by Gasteiger charge is -1.78. The number of amides is 1. The van der Waals surface area contributed by atoms with E-state index in [1.165, 1.54) is 6.07 Å². The number of aromatic nitrogens is 1. The minimum Gasteiger partial charge on any atom is -0.359 e. The fourth-order valence-corrected chi connectivity index (χ4v) is 0.695. The molecule has 0 bridgehead atoms. The van der Waals surface area contributed by atoms with Gasteiger partial charge in [-0.25, -0.2) is 0 Å². The molecule has 0 radical (unpaired) electrons. The van der Waals surface area contributed by atoms with Gasteiger partial charge in [-0.3, -0.25) is 4.79 Å². The number of hydrogen-bond donors (Lipinski definition) is 0. The number of carbonyl (C=O) groups is 1. The SMILES string of the molecule is [N-]=[N+]=NC(=O)c1cc(CCl)on1. The monoisotopic (exact) mass is 186 g/mol. The van der Waals surface area contributed by atoms with Gasteiger partial charge in [0.25, 0.3) is 5.91 Å². The van der Waals surface area contributed by atoms with Gasteiger partial charge in [-0.05, 0) is 10.6 Å². The maximum absolute atomic E-state index is 10.8. The van der Waals surface area contributed by atoms with Crippen molar-refractivity contribution in [3.63, 3.8) is 0 Å². The zero-order valence-electron chi connectivity index (χ0n) is 5.77. The van der Waals surface area contributed by atoms with Gasteiger partial charge >= 0.3 is 0 Å². The molecule has 0 spiro atoms. The van der Waals surface area contributed by atoms with E-state index in [4.69, 9.17) is 17.1 Å². The smallest absolute Gasteiger partial charge is 0.270 e. The van der Waals surface area contributed by atoms with Crippen molar-refractivity contribution in [2.45, 2.75) is 5.88 Å². The van der Waals surface area contributed by atoms with Gasteiger partial charge in [-0.15, -0.1) is 11.6 Å². The van der Waals surface area contributed by atoms with E-state index in [-0.39, 0.29) is 11.6 Å². The van der Waals surface area contributed by atoms with Crippen molar-refractivity contribution in [3.05, 3.63) is 28.0 Å². The summed E-state index contributed by atoms with van der Waals surface area (Å²) in [5.41, 5.74) is 7.88. The number of hydrogen-bond acceptors (Lipinski definition) is 3. The van der Waals surface area contributed by atoms with Gasteiger partial charge in [0.15, 0.2) is 11.5 Å². The second-order valence-electron chi connectivity index (χ2n) is 1.81. The molecule has 1 aromatic rings. The number of alkyl halides is 1. The van der Waals surface area contributed by atoms with Crippen LogP contribution in [-0.2, 0) is 5.88 Å². The van der Waals surface area contributed by atoms with Crippen molar-refractivity contribution in [2.75, 3.05) is 0 Å². The van der Waals surface area contributed by atoms with Gasteiger partial charge < -0.3 is 4.52 Å². The van der Waals surface area contributed by atoms with Gasteiger partial charge in [0.1, 0.15) is 0 Å². The fraction of sp³-hybridized carbons (Fsp3) is 0.200. The molecule has 0 unspecified atom stereocenters. The highest BCUT2D eigenvalue weighted by molar-refractivity contribution is 6.16. The van der Waals surface area contributed by atoms with Gasteiger partial charge in [0, 0.05) is 11.0 Å². The summed E-state index contributed by atoms with van der Waals surface area (Å²) in [6.07, 6.45) is 0. The van der Waals surface area contributed by atoms with E-state index in [9.17, 15) is 4.79 Å². The molecule has 62 valence electrons. The summed E-state index contributed by atoms with van der Waals surface area (Å²) < 4.78 is 4.60. The maximum Gasteiger partial charge on any atom is 0.270 e. The number of azide groups is 1. The molecule has 0 saturated carbocycles. The van der Waals surface area contributed by atoms with Crippen molar-refractivity contribution in [2.24, 2.45) is 5.11 Å². The first-order chi connectivity index (χ1) is 5.77. The largest absolute Gasteiger partial charge is 0.359 e. The second kappa shape index (κ2) is 3.75. The zero-order chi connectivity index (χ0) is 8.97. The Hall–Kier alpha value is -1.52. The number of nitrogens with zero attached hydrogens (tertiary/aromatic N) is 4. The third-order valence-corrected chi connectivity index (χ3v) is 1.31. The summed E-state index contributed by atoms with van der Waals surface area (Å²) >= 11 is 5.37. The quantitative estimate of drug-likeness (QED) is 0.305. The Morgan fingerprint density at radius 3 is 3.17 bits per heavy atom. The van der Waals surface area contributed by atoms with Crippen LogP contribution in [0.5, 0.6) is 0 Å². The Kier molecular flexibility index (Phi) is 2.68. The third-order valence-electron chi connectivity index (χ3n) is 1.05. The van der Waals surface area contributed by atoms with Gasteiger partial charge in [-0.1, -0.05) is 5.16 Å². The molecule has 1 aromatic heterocycles. The molecular formula is C5H3ClN4O2. The van der Waals surface area contributed by atoms with E-state index in [2.05, 4.69) is 19.7 Å². The molecule has 12 heavy (non-hydrogen) atoms. The fourth-order valence-electron chi connectivity index (χ4n) is 0.569. The molecule has 0 aromatic carbocycles. The predicted octanol–water partition coefficient (Wildman–Crippen LogP) is 1.86. The molecule has 1 heterocycles. The van der Waals surface area contributed by atoms with E-state index in [1.54, 1.807) is 0 Å². The summed E-state index contributed by atoms with van der Waals surface area (Å²) in [7, 11) is 0. The number of carbonyl (C=O) groups excluding carboxylic acids is 1. The Morgan fingerprint density at radius 1 is 1.92 bits per heavy atom. The van der Waals surface area contributed by atoms with E-state index in [0.717, 1.165) is 0 Å². The highest BCUT2D eigenvalue weighted by atomic mass is 35.5.